The zero-order valence-electron chi connectivity index (χ0n) is 11.2. The number of fused-ring (bicyclic) bond motifs is 1. The summed E-state index contributed by atoms with van der Waals surface area (Å²) in [5.41, 5.74) is 2.22. The van der Waals surface area contributed by atoms with Crippen LogP contribution in [0.15, 0.2) is 24.3 Å². The molecule has 0 saturated carbocycles. The molecule has 100 valence electrons. The number of halogens is 1. The molecule has 2 heterocycles. The highest BCUT2D eigenvalue weighted by Gasteiger charge is 2.23. The Bertz CT molecular complexity index is 606. The largest absolute Gasteiger partial charge is 0.497 e. The van der Waals surface area contributed by atoms with Crippen LogP contribution in [0.2, 0.25) is 5.15 Å². The number of ether oxygens (including phenoxy) is 1. The lowest BCUT2D eigenvalue weighted by Gasteiger charge is -2.22. The maximum Gasteiger partial charge on any atom is 0.150 e. The summed E-state index contributed by atoms with van der Waals surface area (Å²) in [6.45, 7) is 3.25. The summed E-state index contributed by atoms with van der Waals surface area (Å²) in [4.78, 5) is 4.55. The van der Waals surface area contributed by atoms with Crippen LogP contribution in [0.4, 0.5) is 0 Å². The third-order valence-corrected chi connectivity index (χ3v) is 4.04. The summed E-state index contributed by atoms with van der Waals surface area (Å²) in [5.74, 6) is 2.47. The molecule has 0 amide bonds. The minimum Gasteiger partial charge on any atom is -0.497 e. The number of aromatic nitrogens is 2. The van der Waals surface area contributed by atoms with Gasteiger partial charge >= 0.3 is 0 Å². The Labute approximate surface area is 118 Å². The van der Waals surface area contributed by atoms with Gasteiger partial charge in [-0.2, -0.15) is 0 Å². The van der Waals surface area contributed by atoms with E-state index in [0.29, 0.717) is 11.1 Å². The maximum atomic E-state index is 6.29. The lowest BCUT2D eigenvalue weighted by molar-refractivity contribution is 0.414. The predicted octanol–water partition coefficient (Wildman–Crippen LogP) is 3.79. The lowest BCUT2D eigenvalue weighted by Crippen LogP contribution is -2.17. The van der Waals surface area contributed by atoms with Crippen molar-refractivity contribution in [3.8, 4) is 17.1 Å². The molecule has 1 aromatic heterocycles. The van der Waals surface area contributed by atoms with Crippen molar-refractivity contribution < 1.29 is 4.74 Å². The van der Waals surface area contributed by atoms with Gasteiger partial charge in [0, 0.05) is 12.1 Å². The highest BCUT2D eigenvalue weighted by atomic mass is 35.5. The van der Waals surface area contributed by atoms with E-state index >= 15 is 0 Å². The van der Waals surface area contributed by atoms with Crippen LogP contribution in [-0.4, -0.2) is 16.7 Å². The molecule has 2 aromatic rings. The van der Waals surface area contributed by atoms with Gasteiger partial charge in [-0.3, -0.25) is 0 Å². The molecule has 0 aliphatic carbocycles. The summed E-state index contributed by atoms with van der Waals surface area (Å²) in [5, 5.41) is 0.643. The van der Waals surface area contributed by atoms with Gasteiger partial charge in [0.15, 0.2) is 5.15 Å². The number of methoxy groups -OCH3 is 1. The van der Waals surface area contributed by atoms with Crippen molar-refractivity contribution in [3.63, 3.8) is 0 Å². The molecule has 0 fully saturated rings. The molecule has 4 heteroatoms. The molecule has 3 nitrogen and oxygen atoms in total. The normalized spacial score (nSPS) is 18.2. The van der Waals surface area contributed by atoms with Crippen molar-refractivity contribution in [1.29, 1.82) is 0 Å². The van der Waals surface area contributed by atoms with Crippen molar-refractivity contribution in [3.05, 3.63) is 35.1 Å². The molecule has 0 radical (unpaired) electrons. The van der Waals surface area contributed by atoms with E-state index in [-0.39, 0.29) is 0 Å². The lowest BCUT2D eigenvalue weighted by atomic mass is 9.98. The van der Waals surface area contributed by atoms with Gasteiger partial charge in [-0.1, -0.05) is 30.7 Å². The van der Waals surface area contributed by atoms with Crippen molar-refractivity contribution in [2.75, 3.05) is 7.11 Å². The summed E-state index contributed by atoms with van der Waals surface area (Å²) >= 11 is 6.29. The van der Waals surface area contributed by atoms with Gasteiger partial charge in [0.25, 0.3) is 0 Å². The van der Waals surface area contributed by atoms with Crippen LogP contribution in [0.25, 0.3) is 11.4 Å². The van der Waals surface area contributed by atoms with Gasteiger partial charge in [0.05, 0.1) is 12.8 Å². The zero-order chi connectivity index (χ0) is 13.4. The molecule has 1 atom stereocenters. The Morgan fingerprint density at radius 3 is 3.05 bits per heavy atom. The first-order valence-electron chi connectivity index (χ1n) is 6.58. The molecule has 0 saturated heterocycles. The van der Waals surface area contributed by atoms with Gasteiger partial charge in [0.2, 0.25) is 0 Å². The van der Waals surface area contributed by atoms with E-state index in [1.54, 1.807) is 7.11 Å². The predicted molar refractivity (Wildman–Crippen MR) is 76.7 cm³/mol. The van der Waals surface area contributed by atoms with Crippen molar-refractivity contribution in [2.45, 2.75) is 26.3 Å². The third kappa shape index (κ3) is 2.23. The fraction of sp³-hybridized carbons (Fsp3) is 0.400. The van der Waals surface area contributed by atoms with Crippen LogP contribution >= 0.6 is 11.6 Å². The van der Waals surface area contributed by atoms with Crippen LogP contribution in [0.5, 0.6) is 5.75 Å². The van der Waals surface area contributed by atoms with Gasteiger partial charge in [0.1, 0.15) is 11.6 Å². The quantitative estimate of drug-likeness (QED) is 0.834. The molecule has 3 rings (SSSR count). The van der Waals surface area contributed by atoms with Gasteiger partial charge < -0.3 is 9.30 Å². The number of benzene rings is 1. The van der Waals surface area contributed by atoms with Crippen molar-refractivity contribution >= 4 is 11.6 Å². The second-order valence-corrected chi connectivity index (χ2v) is 5.51. The summed E-state index contributed by atoms with van der Waals surface area (Å²) in [6.07, 6.45) is 2.19. The fourth-order valence-electron chi connectivity index (χ4n) is 2.66. The highest BCUT2D eigenvalue weighted by molar-refractivity contribution is 6.30. The van der Waals surface area contributed by atoms with E-state index in [2.05, 4.69) is 16.5 Å². The minimum atomic E-state index is 0.643. The molecule has 0 bridgehead atoms. The average molecular weight is 277 g/mol. The first-order valence-corrected chi connectivity index (χ1v) is 6.96. The first-order chi connectivity index (χ1) is 9.19. The van der Waals surface area contributed by atoms with E-state index in [9.17, 15) is 0 Å². The fourth-order valence-corrected chi connectivity index (χ4v) is 2.92. The Morgan fingerprint density at radius 2 is 2.26 bits per heavy atom. The van der Waals surface area contributed by atoms with Gasteiger partial charge in [-0.25, -0.2) is 4.98 Å². The van der Waals surface area contributed by atoms with Crippen LogP contribution in [0.1, 0.15) is 19.0 Å². The van der Waals surface area contributed by atoms with Crippen LogP contribution in [-0.2, 0) is 13.0 Å². The minimum absolute atomic E-state index is 0.643. The number of imidazole rings is 1. The number of hydrogen-bond acceptors (Lipinski definition) is 2. The number of nitrogens with zero attached hydrogens (tertiary/aromatic N) is 2. The Morgan fingerprint density at radius 1 is 1.42 bits per heavy atom. The first kappa shape index (κ1) is 12.5. The summed E-state index contributed by atoms with van der Waals surface area (Å²) in [7, 11) is 1.68. The van der Waals surface area contributed by atoms with Crippen LogP contribution < -0.4 is 4.74 Å². The molecule has 19 heavy (non-hydrogen) atoms. The zero-order valence-corrected chi connectivity index (χ0v) is 11.9. The summed E-state index contributed by atoms with van der Waals surface area (Å²) < 4.78 is 7.52. The SMILES string of the molecule is COc1cccc(-c2nc(Cl)c3n2CCC(C)C3)c1. The van der Waals surface area contributed by atoms with Crippen molar-refractivity contribution in [1.82, 2.24) is 9.55 Å². The second kappa shape index (κ2) is 4.89. The third-order valence-electron chi connectivity index (χ3n) is 3.74. The summed E-state index contributed by atoms with van der Waals surface area (Å²) in [6, 6.07) is 7.97. The van der Waals surface area contributed by atoms with Crippen LogP contribution in [0, 0.1) is 5.92 Å². The smallest absolute Gasteiger partial charge is 0.150 e. The second-order valence-electron chi connectivity index (χ2n) is 5.15. The molecule has 1 aliphatic rings. The van der Waals surface area contributed by atoms with Crippen molar-refractivity contribution in [2.24, 2.45) is 5.92 Å². The standard InChI is InChI=1S/C15H17ClN2O/c1-10-6-7-18-13(8-10)14(16)17-15(18)11-4-3-5-12(9-11)19-2/h3-5,9-10H,6-8H2,1-2H3. The molecule has 1 unspecified atom stereocenters. The highest BCUT2D eigenvalue weighted by Crippen LogP contribution is 2.32. The number of rotatable bonds is 2. The molecule has 1 aromatic carbocycles. The Kier molecular flexibility index (Phi) is 3.23. The average Bonchev–Trinajstić information content (AvgIpc) is 2.76. The van der Waals surface area contributed by atoms with Crippen LogP contribution in [0.3, 0.4) is 0 Å². The molecule has 1 aliphatic heterocycles. The van der Waals surface area contributed by atoms with E-state index in [1.807, 2.05) is 24.3 Å². The monoisotopic (exact) mass is 276 g/mol. The molecule has 0 spiro atoms. The molecule has 0 N–H and O–H groups in total. The van der Waals surface area contributed by atoms with Gasteiger partial charge in [-0.05, 0) is 30.9 Å². The molecular weight excluding hydrogens is 260 g/mol. The van der Waals surface area contributed by atoms with E-state index in [4.69, 9.17) is 16.3 Å². The van der Waals surface area contributed by atoms with E-state index in [0.717, 1.165) is 30.1 Å². The topological polar surface area (TPSA) is 27.1 Å². The molecular formula is C15H17ClN2O. The number of hydrogen-bond donors (Lipinski definition) is 0. The van der Waals surface area contributed by atoms with Gasteiger partial charge in [-0.15, -0.1) is 0 Å². The van der Waals surface area contributed by atoms with E-state index < -0.39 is 0 Å². The maximum absolute atomic E-state index is 6.29. The Hall–Kier alpha value is -1.48. The van der Waals surface area contributed by atoms with E-state index in [1.165, 1.54) is 12.1 Å². The Balaban J connectivity index is 2.08.